The molecular formula is C23H21N3O4. The lowest BCUT2D eigenvalue weighted by Crippen LogP contribution is -2.22. The summed E-state index contributed by atoms with van der Waals surface area (Å²) >= 11 is 0. The van der Waals surface area contributed by atoms with Crippen LogP contribution in [0.25, 0.3) is 0 Å². The fourth-order valence-electron chi connectivity index (χ4n) is 3.64. The van der Waals surface area contributed by atoms with Crippen LogP contribution in [0.1, 0.15) is 44.3 Å². The Morgan fingerprint density at radius 3 is 2.60 bits per heavy atom. The van der Waals surface area contributed by atoms with Crippen LogP contribution in [0.4, 0.5) is 5.95 Å². The molecule has 152 valence electrons. The molecule has 30 heavy (non-hydrogen) atoms. The first-order valence-corrected chi connectivity index (χ1v) is 9.56. The first-order chi connectivity index (χ1) is 14.6. The lowest BCUT2D eigenvalue weighted by atomic mass is 9.82. The van der Waals surface area contributed by atoms with Crippen molar-refractivity contribution in [3.8, 4) is 11.5 Å². The average molecular weight is 403 g/mol. The van der Waals surface area contributed by atoms with Gasteiger partial charge in [-0.3, -0.25) is 14.9 Å². The number of methoxy groups -OCH3 is 2. The second kappa shape index (κ2) is 8.32. The molecule has 3 aromatic rings. The van der Waals surface area contributed by atoms with Gasteiger partial charge in [0.15, 0.2) is 5.78 Å². The van der Waals surface area contributed by atoms with Crippen LogP contribution in [-0.2, 0) is 6.42 Å². The maximum atomic E-state index is 12.7. The first kappa shape index (κ1) is 19.6. The zero-order chi connectivity index (χ0) is 21.1. The van der Waals surface area contributed by atoms with Gasteiger partial charge in [0.25, 0.3) is 5.91 Å². The summed E-state index contributed by atoms with van der Waals surface area (Å²) in [5, 5.41) is 2.70. The fraction of sp³-hybridized carbons (Fsp3) is 0.217. The second-order valence-corrected chi connectivity index (χ2v) is 7.01. The van der Waals surface area contributed by atoms with Gasteiger partial charge in [-0.15, -0.1) is 0 Å². The third-order valence-electron chi connectivity index (χ3n) is 5.18. The van der Waals surface area contributed by atoms with Crippen LogP contribution in [0.2, 0.25) is 0 Å². The van der Waals surface area contributed by atoms with Crippen molar-refractivity contribution < 1.29 is 19.1 Å². The number of Topliss-reactive ketones (excluding diaryl/α,β-unsaturated/α-hetero) is 1. The Morgan fingerprint density at radius 2 is 1.87 bits per heavy atom. The van der Waals surface area contributed by atoms with Gasteiger partial charge in [0.05, 0.1) is 25.5 Å². The molecule has 0 aliphatic heterocycles. The Bertz CT molecular complexity index is 1100. The molecule has 1 aliphatic rings. The van der Waals surface area contributed by atoms with E-state index in [4.69, 9.17) is 9.47 Å². The highest BCUT2D eigenvalue weighted by atomic mass is 16.5. The number of fused-ring (bicyclic) bond motifs is 1. The van der Waals surface area contributed by atoms with Gasteiger partial charge in [-0.25, -0.2) is 9.97 Å². The highest BCUT2D eigenvalue weighted by Crippen LogP contribution is 2.38. The van der Waals surface area contributed by atoms with E-state index in [0.717, 1.165) is 5.56 Å². The van der Waals surface area contributed by atoms with Crippen LogP contribution in [0.3, 0.4) is 0 Å². The molecule has 1 aliphatic carbocycles. The van der Waals surface area contributed by atoms with Gasteiger partial charge in [0.2, 0.25) is 5.95 Å². The summed E-state index contributed by atoms with van der Waals surface area (Å²) < 4.78 is 10.8. The number of benzene rings is 2. The molecule has 1 aromatic heterocycles. The molecule has 0 saturated carbocycles. The largest absolute Gasteiger partial charge is 0.497 e. The van der Waals surface area contributed by atoms with Crippen molar-refractivity contribution in [2.24, 2.45) is 0 Å². The number of aromatic nitrogens is 2. The molecule has 1 atom stereocenters. The van der Waals surface area contributed by atoms with Crippen molar-refractivity contribution in [1.29, 1.82) is 0 Å². The van der Waals surface area contributed by atoms with Gasteiger partial charge < -0.3 is 9.47 Å². The van der Waals surface area contributed by atoms with E-state index in [1.54, 1.807) is 44.6 Å². The van der Waals surface area contributed by atoms with Gasteiger partial charge in [-0.2, -0.15) is 0 Å². The van der Waals surface area contributed by atoms with E-state index in [0.29, 0.717) is 41.2 Å². The zero-order valence-electron chi connectivity index (χ0n) is 16.7. The van der Waals surface area contributed by atoms with E-state index < -0.39 is 0 Å². The molecular weight excluding hydrogens is 382 g/mol. The Morgan fingerprint density at radius 1 is 1.07 bits per heavy atom. The van der Waals surface area contributed by atoms with Gasteiger partial charge in [0, 0.05) is 30.2 Å². The topological polar surface area (TPSA) is 90.4 Å². The molecule has 7 heteroatoms. The minimum absolute atomic E-state index is 0.0277. The lowest BCUT2D eigenvalue weighted by molar-refractivity contribution is 0.0962. The number of hydrogen-bond donors (Lipinski definition) is 1. The number of nitrogens with one attached hydrogen (secondary N) is 1. The van der Waals surface area contributed by atoms with Crippen molar-refractivity contribution in [2.75, 3.05) is 19.5 Å². The van der Waals surface area contributed by atoms with E-state index >= 15 is 0 Å². The summed E-state index contributed by atoms with van der Waals surface area (Å²) in [6.45, 7) is 0. The van der Waals surface area contributed by atoms with E-state index in [9.17, 15) is 9.59 Å². The number of ketones is 1. The average Bonchev–Trinajstić information content (AvgIpc) is 2.78. The van der Waals surface area contributed by atoms with E-state index in [1.807, 2.05) is 18.2 Å². The SMILES string of the molecule is COc1ccc([C@H]2CC(=O)c3cnc(NC(=O)c4ccccc4)nc3C2)c(OC)c1. The van der Waals surface area contributed by atoms with Gasteiger partial charge in [0.1, 0.15) is 11.5 Å². The predicted octanol–water partition coefficient (Wildman–Crippen LogP) is 3.66. The Hall–Kier alpha value is -3.74. The van der Waals surface area contributed by atoms with Crippen molar-refractivity contribution in [2.45, 2.75) is 18.8 Å². The van der Waals surface area contributed by atoms with E-state index in [-0.39, 0.29) is 23.6 Å². The van der Waals surface area contributed by atoms with Crippen molar-refractivity contribution in [1.82, 2.24) is 9.97 Å². The zero-order valence-corrected chi connectivity index (χ0v) is 16.7. The van der Waals surface area contributed by atoms with Crippen LogP contribution in [0, 0.1) is 0 Å². The molecule has 1 N–H and O–H groups in total. The van der Waals surface area contributed by atoms with Crippen LogP contribution < -0.4 is 14.8 Å². The molecule has 0 spiro atoms. The summed E-state index contributed by atoms with van der Waals surface area (Å²) in [6, 6.07) is 14.4. The number of nitrogens with zero attached hydrogens (tertiary/aromatic N) is 2. The molecule has 0 fully saturated rings. The van der Waals surface area contributed by atoms with Gasteiger partial charge >= 0.3 is 0 Å². The monoisotopic (exact) mass is 403 g/mol. The van der Waals surface area contributed by atoms with Crippen LogP contribution in [0.5, 0.6) is 11.5 Å². The maximum Gasteiger partial charge on any atom is 0.258 e. The van der Waals surface area contributed by atoms with Crippen LogP contribution in [-0.4, -0.2) is 35.9 Å². The number of ether oxygens (including phenoxy) is 2. The molecule has 0 bridgehead atoms. The highest BCUT2D eigenvalue weighted by Gasteiger charge is 2.30. The molecule has 7 nitrogen and oxygen atoms in total. The lowest BCUT2D eigenvalue weighted by Gasteiger charge is -2.25. The smallest absolute Gasteiger partial charge is 0.258 e. The summed E-state index contributed by atoms with van der Waals surface area (Å²) in [5.74, 6) is 1.12. The third kappa shape index (κ3) is 3.87. The molecule has 0 unspecified atom stereocenters. The number of carbonyl (C=O) groups excluding carboxylic acids is 2. The first-order valence-electron chi connectivity index (χ1n) is 9.56. The molecule has 2 aromatic carbocycles. The number of hydrogen-bond acceptors (Lipinski definition) is 6. The summed E-state index contributed by atoms with van der Waals surface area (Å²) in [6.07, 6.45) is 2.38. The number of carbonyl (C=O) groups is 2. The number of amides is 1. The standard InChI is InChI=1S/C23H21N3O4/c1-29-16-8-9-17(21(12-16)30-2)15-10-19-18(20(27)11-15)13-24-23(25-19)26-22(28)14-6-4-3-5-7-14/h3-9,12-13,15H,10-11H2,1-2H3,(H,24,25,26,28)/t15-/m1/s1. The Kier molecular flexibility index (Phi) is 5.43. The van der Waals surface area contributed by atoms with E-state index in [1.165, 1.54) is 6.20 Å². The Balaban J connectivity index is 1.60. The molecule has 1 amide bonds. The maximum absolute atomic E-state index is 12.7. The van der Waals surface area contributed by atoms with Crippen LogP contribution >= 0.6 is 0 Å². The molecule has 1 heterocycles. The molecule has 4 rings (SSSR count). The molecule has 0 radical (unpaired) electrons. The van der Waals surface area contributed by atoms with E-state index in [2.05, 4.69) is 15.3 Å². The minimum Gasteiger partial charge on any atom is -0.497 e. The highest BCUT2D eigenvalue weighted by molar-refractivity contribution is 6.03. The predicted molar refractivity (Wildman–Crippen MR) is 111 cm³/mol. The number of rotatable bonds is 5. The summed E-state index contributed by atoms with van der Waals surface area (Å²) in [7, 11) is 3.19. The second-order valence-electron chi connectivity index (χ2n) is 7.01. The van der Waals surface area contributed by atoms with Crippen LogP contribution in [0.15, 0.2) is 54.7 Å². The summed E-state index contributed by atoms with van der Waals surface area (Å²) in [4.78, 5) is 33.7. The molecule has 0 saturated heterocycles. The normalized spacial score (nSPS) is 15.3. The fourth-order valence-corrected chi connectivity index (χ4v) is 3.64. The van der Waals surface area contributed by atoms with Crippen molar-refractivity contribution in [3.05, 3.63) is 77.1 Å². The number of anilines is 1. The minimum atomic E-state index is -0.300. The van der Waals surface area contributed by atoms with Crippen molar-refractivity contribution >= 4 is 17.6 Å². The quantitative estimate of drug-likeness (QED) is 0.699. The summed E-state index contributed by atoms with van der Waals surface area (Å²) in [5.41, 5.74) is 2.55. The Labute approximate surface area is 174 Å². The van der Waals surface area contributed by atoms with Gasteiger partial charge in [-0.1, -0.05) is 24.3 Å². The van der Waals surface area contributed by atoms with Crippen molar-refractivity contribution in [3.63, 3.8) is 0 Å². The third-order valence-corrected chi connectivity index (χ3v) is 5.18. The van der Waals surface area contributed by atoms with Gasteiger partial charge in [-0.05, 0) is 30.2 Å².